The van der Waals surface area contributed by atoms with Crippen LogP contribution < -0.4 is 5.48 Å². The molecule has 0 amide bonds. The van der Waals surface area contributed by atoms with Gasteiger partial charge in [-0.1, -0.05) is 66.1 Å². The number of nitrogens with zero attached hydrogens (tertiary/aromatic N) is 1. The molecule has 2 aromatic rings. The smallest absolute Gasteiger partial charge is 0.0953 e. The second-order valence-electron chi connectivity index (χ2n) is 3.53. The maximum Gasteiger partial charge on any atom is 0.0953 e. The van der Waals surface area contributed by atoms with Gasteiger partial charge in [0.15, 0.2) is 0 Å². The molecule has 0 aliphatic rings. The topological polar surface area (TPSA) is 23.3 Å². The molecule has 0 N–H and O–H groups in total. The van der Waals surface area contributed by atoms with E-state index in [4.69, 9.17) is 4.84 Å². The lowest BCUT2D eigenvalue weighted by Gasteiger charge is -2.03. The molecule has 2 rings (SSSR count). The van der Waals surface area contributed by atoms with Crippen molar-refractivity contribution in [2.24, 2.45) is 0 Å². The Morgan fingerprint density at radius 2 is 1.31 bits per heavy atom. The Kier molecular flexibility index (Phi) is 4.11. The molecule has 0 saturated carbocycles. The SMILES string of the molecule is c1ccc(C[N]OCc2ccccc2)cc1. The van der Waals surface area contributed by atoms with E-state index >= 15 is 0 Å². The van der Waals surface area contributed by atoms with E-state index in [9.17, 15) is 0 Å². The first kappa shape index (κ1) is 10.9. The van der Waals surface area contributed by atoms with Gasteiger partial charge in [-0.25, -0.2) is 0 Å². The normalized spacial score (nSPS) is 10.2. The fourth-order valence-electron chi connectivity index (χ4n) is 1.40. The average Bonchev–Trinajstić information content (AvgIpc) is 2.37. The third-order valence-electron chi connectivity index (χ3n) is 2.26. The van der Waals surface area contributed by atoms with Gasteiger partial charge in [0.2, 0.25) is 0 Å². The molecule has 16 heavy (non-hydrogen) atoms. The summed E-state index contributed by atoms with van der Waals surface area (Å²) in [6, 6.07) is 20.1. The Balaban J connectivity index is 1.70. The van der Waals surface area contributed by atoms with Gasteiger partial charge in [-0.05, 0) is 11.1 Å². The molecule has 0 saturated heterocycles. The highest BCUT2D eigenvalue weighted by Crippen LogP contribution is 2.01. The van der Waals surface area contributed by atoms with Crippen molar-refractivity contribution in [3.05, 3.63) is 71.8 Å². The summed E-state index contributed by atoms with van der Waals surface area (Å²) in [6.45, 7) is 1.14. The van der Waals surface area contributed by atoms with Crippen molar-refractivity contribution < 1.29 is 4.84 Å². The summed E-state index contributed by atoms with van der Waals surface area (Å²) in [7, 11) is 0. The van der Waals surface area contributed by atoms with Gasteiger partial charge in [-0.15, -0.1) is 0 Å². The molecule has 81 valence electrons. The Hall–Kier alpha value is -1.64. The summed E-state index contributed by atoms with van der Waals surface area (Å²) in [5.41, 5.74) is 6.34. The molecule has 0 aliphatic carbocycles. The van der Waals surface area contributed by atoms with Crippen molar-refractivity contribution in [2.75, 3.05) is 0 Å². The first-order valence-corrected chi connectivity index (χ1v) is 5.32. The van der Waals surface area contributed by atoms with Gasteiger partial charge in [-0.3, -0.25) is 4.84 Å². The molecule has 0 bridgehead atoms. The van der Waals surface area contributed by atoms with Crippen molar-refractivity contribution in [1.29, 1.82) is 0 Å². The van der Waals surface area contributed by atoms with Gasteiger partial charge in [0, 0.05) is 0 Å². The second-order valence-corrected chi connectivity index (χ2v) is 3.53. The minimum atomic E-state index is 0.535. The average molecular weight is 212 g/mol. The van der Waals surface area contributed by atoms with Crippen molar-refractivity contribution in [2.45, 2.75) is 13.2 Å². The van der Waals surface area contributed by atoms with E-state index in [1.54, 1.807) is 0 Å². The maximum atomic E-state index is 5.25. The maximum absolute atomic E-state index is 5.25. The van der Waals surface area contributed by atoms with Crippen molar-refractivity contribution in [3.8, 4) is 0 Å². The number of hydrogen-bond donors (Lipinski definition) is 0. The van der Waals surface area contributed by atoms with Gasteiger partial charge in [0.05, 0.1) is 13.2 Å². The first-order valence-electron chi connectivity index (χ1n) is 5.32. The molecule has 0 spiro atoms. The van der Waals surface area contributed by atoms with Crippen LogP contribution >= 0.6 is 0 Å². The Bertz CT molecular complexity index is 358. The van der Waals surface area contributed by atoms with Crippen LogP contribution in [-0.2, 0) is 18.0 Å². The monoisotopic (exact) mass is 212 g/mol. The fourth-order valence-corrected chi connectivity index (χ4v) is 1.40. The third-order valence-corrected chi connectivity index (χ3v) is 2.26. The Labute approximate surface area is 95.8 Å². The van der Waals surface area contributed by atoms with Crippen LogP contribution in [0.1, 0.15) is 11.1 Å². The zero-order chi connectivity index (χ0) is 11.1. The summed E-state index contributed by atoms with van der Waals surface area (Å²) in [6.07, 6.45) is 0. The van der Waals surface area contributed by atoms with Gasteiger partial charge in [0.25, 0.3) is 0 Å². The van der Waals surface area contributed by atoms with Crippen molar-refractivity contribution in [3.63, 3.8) is 0 Å². The number of hydrogen-bond acceptors (Lipinski definition) is 1. The predicted octanol–water partition coefficient (Wildman–Crippen LogP) is 2.92. The number of hydroxylamine groups is 1. The lowest BCUT2D eigenvalue weighted by molar-refractivity contribution is 0.0152. The van der Waals surface area contributed by atoms with Crippen molar-refractivity contribution in [1.82, 2.24) is 5.48 Å². The van der Waals surface area contributed by atoms with E-state index in [1.165, 1.54) is 0 Å². The Morgan fingerprint density at radius 3 is 1.94 bits per heavy atom. The van der Waals surface area contributed by atoms with Crippen LogP contribution in [0.2, 0.25) is 0 Å². The van der Waals surface area contributed by atoms with E-state index in [2.05, 4.69) is 5.48 Å². The summed E-state index contributed by atoms with van der Waals surface area (Å²) < 4.78 is 0. The predicted molar refractivity (Wildman–Crippen MR) is 63.5 cm³/mol. The highest BCUT2D eigenvalue weighted by molar-refractivity contribution is 5.14. The zero-order valence-electron chi connectivity index (χ0n) is 9.04. The fraction of sp³-hybridized carbons (Fsp3) is 0.143. The van der Waals surface area contributed by atoms with Crippen LogP contribution in [0.3, 0.4) is 0 Å². The molecule has 0 atom stereocenters. The van der Waals surface area contributed by atoms with Crippen molar-refractivity contribution >= 4 is 0 Å². The minimum absolute atomic E-state index is 0.535. The minimum Gasteiger partial charge on any atom is -0.277 e. The summed E-state index contributed by atoms with van der Waals surface area (Å²) in [5.74, 6) is 0. The van der Waals surface area contributed by atoms with Crippen LogP contribution in [0.15, 0.2) is 60.7 Å². The first-order chi connectivity index (χ1) is 7.95. The van der Waals surface area contributed by atoms with Crippen LogP contribution in [0.4, 0.5) is 0 Å². The Morgan fingerprint density at radius 1 is 0.750 bits per heavy atom. The van der Waals surface area contributed by atoms with Gasteiger partial charge < -0.3 is 0 Å². The van der Waals surface area contributed by atoms with Crippen LogP contribution in [-0.4, -0.2) is 0 Å². The highest BCUT2D eigenvalue weighted by atomic mass is 16.6. The molecule has 0 unspecified atom stereocenters. The number of benzene rings is 2. The van der Waals surface area contributed by atoms with Gasteiger partial charge in [-0.2, -0.15) is 0 Å². The largest absolute Gasteiger partial charge is 0.277 e. The second kappa shape index (κ2) is 6.05. The summed E-state index contributed by atoms with van der Waals surface area (Å²) in [4.78, 5) is 5.25. The van der Waals surface area contributed by atoms with Crippen LogP contribution in [0, 0.1) is 0 Å². The van der Waals surface area contributed by atoms with E-state index in [1.807, 2.05) is 60.7 Å². The zero-order valence-corrected chi connectivity index (χ0v) is 9.04. The molecule has 2 aromatic carbocycles. The molecular weight excluding hydrogens is 198 g/mol. The van der Waals surface area contributed by atoms with Gasteiger partial charge >= 0.3 is 0 Å². The van der Waals surface area contributed by atoms with E-state index in [-0.39, 0.29) is 0 Å². The molecule has 0 heterocycles. The standard InChI is InChI=1S/C14H14NO/c1-3-7-13(8-4-1)11-15-16-12-14-9-5-2-6-10-14/h1-10H,11-12H2. The molecule has 2 heteroatoms. The van der Waals surface area contributed by atoms with Crippen LogP contribution in [0.25, 0.3) is 0 Å². The van der Waals surface area contributed by atoms with Crippen LogP contribution in [0.5, 0.6) is 0 Å². The third kappa shape index (κ3) is 3.50. The molecular formula is C14H14NO. The van der Waals surface area contributed by atoms with E-state index < -0.39 is 0 Å². The molecule has 0 fully saturated rings. The lowest BCUT2D eigenvalue weighted by atomic mass is 10.2. The summed E-state index contributed by atoms with van der Waals surface area (Å²) in [5, 5.41) is 0. The molecule has 2 nitrogen and oxygen atoms in total. The summed E-state index contributed by atoms with van der Waals surface area (Å²) >= 11 is 0. The molecule has 0 aliphatic heterocycles. The molecule has 0 aromatic heterocycles. The molecule has 1 radical (unpaired) electrons. The van der Waals surface area contributed by atoms with E-state index in [0.29, 0.717) is 13.2 Å². The van der Waals surface area contributed by atoms with Gasteiger partial charge in [0.1, 0.15) is 0 Å². The van der Waals surface area contributed by atoms with E-state index in [0.717, 1.165) is 11.1 Å². The number of rotatable bonds is 5. The lowest BCUT2D eigenvalue weighted by Crippen LogP contribution is -2.05. The quantitative estimate of drug-likeness (QED) is 0.552. The highest BCUT2D eigenvalue weighted by Gasteiger charge is 1.94.